The van der Waals surface area contributed by atoms with Gasteiger partial charge in [0, 0.05) is 17.9 Å². The Morgan fingerprint density at radius 2 is 0.755 bits per heavy atom. The maximum absolute atomic E-state index is 3.87. The summed E-state index contributed by atoms with van der Waals surface area (Å²) in [5, 5.41) is 0. The van der Waals surface area contributed by atoms with E-state index in [2.05, 4.69) is 210 Å². The van der Waals surface area contributed by atoms with Crippen molar-refractivity contribution in [3.05, 3.63) is 207 Å². The summed E-state index contributed by atoms with van der Waals surface area (Å²) in [6.45, 7) is 2.28. The molecule has 49 heavy (non-hydrogen) atoms. The van der Waals surface area contributed by atoms with Crippen molar-refractivity contribution in [2.75, 3.05) is 0 Å². The molecule has 0 radical (unpaired) electrons. The number of hydrogen-bond acceptors (Lipinski definition) is 0. The van der Waals surface area contributed by atoms with Gasteiger partial charge in [-0.25, -0.2) is 0 Å². The fraction of sp³-hybridized carbons (Fsp3) is 0.0667. The maximum Gasteiger partial charge on any atom is 0.0725 e. The Bertz CT molecular complexity index is 2440. The van der Waals surface area contributed by atoms with Crippen LogP contribution in [0.4, 0.5) is 0 Å². The van der Waals surface area contributed by atoms with Crippen molar-refractivity contribution >= 4 is 63.7 Å². The lowest BCUT2D eigenvalue weighted by Gasteiger charge is -2.35. The number of fused-ring (bicyclic) bond motifs is 14. The third kappa shape index (κ3) is 3.84. The Labute approximate surface area is 319 Å². The van der Waals surface area contributed by atoms with E-state index >= 15 is 0 Å². The van der Waals surface area contributed by atoms with Crippen LogP contribution in [0, 0.1) is 6.92 Å². The molecule has 7 aromatic rings. The van der Waals surface area contributed by atoms with Crippen LogP contribution in [-0.2, 0) is 10.8 Å². The molecule has 3 aliphatic carbocycles. The quantitative estimate of drug-likeness (QED) is 0.162. The van der Waals surface area contributed by atoms with Gasteiger partial charge in [0.1, 0.15) is 0 Å². The fourth-order valence-electron chi connectivity index (χ4n) is 9.54. The molecule has 0 saturated heterocycles. The molecule has 1 spiro atoms. The lowest BCUT2D eigenvalue weighted by Crippen LogP contribution is -2.29. The minimum atomic E-state index is -0.583. The summed E-state index contributed by atoms with van der Waals surface area (Å²) in [6.07, 6.45) is 0. The van der Waals surface area contributed by atoms with E-state index < -0.39 is 10.8 Å². The minimum Gasteiger partial charge on any atom is -0.0619 e. The van der Waals surface area contributed by atoms with E-state index in [9.17, 15) is 0 Å². The molecule has 0 fully saturated rings. The Hall–Kier alpha value is -3.54. The normalized spacial score (nSPS) is 15.0. The zero-order valence-corrected chi connectivity index (χ0v) is 32.6. The summed E-state index contributed by atoms with van der Waals surface area (Å²) in [4.78, 5) is 0. The van der Waals surface area contributed by atoms with Gasteiger partial charge in [-0.3, -0.25) is 0 Å². The van der Waals surface area contributed by atoms with Gasteiger partial charge in [0.2, 0.25) is 0 Å². The van der Waals surface area contributed by atoms with Crippen molar-refractivity contribution in [1.82, 2.24) is 0 Å². The van der Waals surface area contributed by atoms with Gasteiger partial charge in [-0.15, -0.1) is 0 Å². The first-order chi connectivity index (χ1) is 23.8. The monoisotopic (exact) mass is 882 g/mol. The Morgan fingerprint density at radius 3 is 1.29 bits per heavy atom. The van der Waals surface area contributed by atoms with E-state index in [1.54, 1.807) is 0 Å². The predicted molar refractivity (Wildman–Crippen MR) is 216 cm³/mol. The second-order valence-corrected chi connectivity index (χ2v) is 17.0. The van der Waals surface area contributed by atoms with E-state index in [0.29, 0.717) is 0 Å². The SMILES string of the molecule is Cc1cccc2c1-c1c(ccc3c1-c1ccccc1C31c3ccccc3-c3ccccc31)C2(c1cc(Br)cc(Br)c1)c1cc(Br)cc(Br)c1. The molecule has 234 valence electrons. The van der Waals surface area contributed by atoms with Crippen molar-refractivity contribution in [1.29, 1.82) is 0 Å². The van der Waals surface area contributed by atoms with E-state index in [1.165, 1.54) is 83.5 Å². The average Bonchev–Trinajstić information content (AvgIpc) is 3.68. The number of benzene rings is 7. The Kier molecular flexibility index (Phi) is 6.64. The van der Waals surface area contributed by atoms with Crippen LogP contribution in [0.15, 0.2) is 157 Å². The molecule has 0 unspecified atom stereocenters. The number of rotatable bonds is 2. The molecule has 3 aliphatic rings. The molecule has 0 N–H and O–H groups in total. The van der Waals surface area contributed by atoms with E-state index in [-0.39, 0.29) is 0 Å². The molecule has 0 nitrogen and oxygen atoms in total. The zero-order valence-electron chi connectivity index (χ0n) is 26.3. The van der Waals surface area contributed by atoms with Crippen LogP contribution >= 0.6 is 63.7 Å². The molecule has 0 saturated carbocycles. The molecule has 10 rings (SSSR count). The topological polar surface area (TPSA) is 0 Å². The number of hydrogen-bond donors (Lipinski definition) is 0. The summed E-state index contributed by atoms with van der Waals surface area (Å²) in [5.74, 6) is 0. The van der Waals surface area contributed by atoms with Crippen LogP contribution in [0.3, 0.4) is 0 Å². The first-order valence-corrected chi connectivity index (χ1v) is 19.5. The van der Waals surface area contributed by atoms with Crippen LogP contribution in [0.1, 0.15) is 50.1 Å². The highest BCUT2D eigenvalue weighted by Gasteiger charge is 2.55. The van der Waals surface area contributed by atoms with Crippen molar-refractivity contribution in [2.24, 2.45) is 0 Å². The van der Waals surface area contributed by atoms with E-state index in [1.807, 2.05) is 0 Å². The van der Waals surface area contributed by atoms with Crippen LogP contribution in [0.2, 0.25) is 0 Å². The van der Waals surface area contributed by atoms with Crippen molar-refractivity contribution in [2.45, 2.75) is 17.8 Å². The largest absolute Gasteiger partial charge is 0.0725 e. The highest BCUT2D eigenvalue weighted by molar-refractivity contribution is 9.11. The Balaban J connectivity index is 1.42. The molecule has 0 bridgehead atoms. The van der Waals surface area contributed by atoms with Gasteiger partial charge in [-0.05, 0) is 127 Å². The third-order valence-corrected chi connectivity index (χ3v) is 12.9. The van der Waals surface area contributed by atoms with Crippen molar-refractivity contribution in [3.8, 4) is 33.4 Å². The number of aryl methyl sites for hydroxylation is 1. The second-order valence-electron chi connectivity index (χ2n) is 13.4. The van der Waals surface area contributed by atoms with Crippen LogP contribution in [-0.4, -0.2) is 0 Å². The molecule has 4 heteroatoms. The molecule has 0 atom stereocenters. The molecular weight excluding hydrogens is 860 g/mol. The Morgan fingerprint density at radius 1 is 0.347 bits per heavy atom. The summed E-state index contributed by atoms with van der Waals surface area (Å²) in [6, 6.07) is 52.5. The maximum atomic E-state index is 3.87. The zero-order chi connectivity index (χ0) is 33.2. The lowest BCUT2D eigenvalue weighted by molar-refractivity contribution is 0.761. The first kappa shape index (κ1) is 30.3. The van der Waals surface area contributed by atoms with Gasteiger partial charge < -0.3 is 0 Å². The van der Waals surface area contributed by atoms with Crippen LogP contribution in [0.25, 0.3) is 33.4 Å². The highest BCUT2D eigenvalue weighted by atomic mass is 79.9. The fourth-order valence-corrected chi connectivity index (χ4v) is 12.1. The first-order valence-electron chi connectivity index (χ1n) is 16.4. The van der Waals surface area contributed by atoms with Crippen LogP contribution < -0.4 is 0 Å². The summed E-state index contributed by atoms with van der Waals surface area (Å²) < 4.78 is 4.16. The summed E-state index contributed by atoms with van der Waals surface area (Å²) >= 11 is 15.5. The third-order valence-electron chi connectivity index (χ3n) is 11.1. The molecule has 0 amide bonds. The average molecular weight is 886 g/mol. The van der Waals surface area contributed by atoms with Crippen molar-refractivity contribution in [3.63, 3.8) is 0 Å². The van der Waals surface area contributed by atoms with Gasteiger partial charge in [0.05, 0.1) is 10.8 Å². The van der Waals surface area contributed by atoms with Crippen molar-refractivity contribution < 1.29 is 0 Å². The standard InChI is InChI=1S/C45H26Br4/c1-25-9-8-16-38-41(25)43-40(44(38,26-19-28(46)23-29(47)20-26)27-21-30(48)24-31(49)22-27)18-17-39-42(43)34-12-4-7-15-37(34)45(39)35-13-5-2-10-32(35)33-11-3-6-14-36(33)45/h2-24H,1H3. The minimum absolute atomic E-state index is 0.403. The molecule has 0 aliphatic heterocycles. The van der Waals surface area contributed by atoms with Gasteiger partial charge in [-0.1, -0.05) is 167 Å². The lowest BCUT2D eigenvalue weighted by atomic mass is 9.66. The molecular formula is C45H26Br4. The molecule has 0 aromatic heterocycles. The molecule has 0 heterocycles. The smallest absolute Gasteiger partial charge is 0.0619 e. The number of halogens is 4. The van der Waals surface area contributed by atoms with Gasteiger partial charge in [0.15, 0.2) is 0 Å². The van der Waals surface area contributed by atoms with Crippen LogP contribution in [0.5, 0.6) is 0 Å². The van der Waals surface area contributed by atoms with E-state index in [0.717, 1.165) is 17.9 Å². The van der Waals surface area contributed by atoms with E-state index in [4.69, 9.17) is 0 Å². The van der Waals surface area contributed by atoms with Gasteiger partial charge in [0.25, 0.3) is 0 Å². The van der Waals surface area contributed by atoms with Gasteiger partial charge >= 0.3 is 0 Å². The highest BCUT2D eigenvalue weighted by Crippen LogP contribution is 2.68. The molecule has 7 aromatic carbocycles. The van der Waals surface area contributed by atoms with Gasteiger partial charge in [-0.2, -0.15) is 0 Å². The summed E-state index contributed by atoms with van der Waals surface area (Å²) in [7, 11) is 0. The predicted octanol–water partition coefficient (Wildman–Crippen LogP) is 13.8. The summed E-state index contributed by atoms with van der Waals surface area (Å²) in [5.41, 5.74) is 18.7. The second kappa shape index (κ2) is 10.7.